The molecule has 1 aliphatic heterocycles. The monoisotopic (exact) mass is 304 g/mol. The maximum atomic E-state index is 4.90. The Morgan fingerprint density at radius 1 is 0.957 bits per heavy atom. The van der Waals surface area contributed by atoms with Crippen molar-refractivity contribution >= 4 is 22.9 Å². The fourth-order valence-corrected chi connectivity index (χ4v) is 2.89. The average molecular weight is 304 g/mol. The Morgan fingerprint density at radius 2 is 1.61 bits per heavy atom. The molecule has 2 aromatic rings. The van der Waals surface area contributed by atoms with E-state index in [1.165, 1.54) is 11.3 Å². The largest absolute Gasteiger partial charge is 0.298 e. The molecule has 1 heterocycles. The van der Waals surface area contributed by atoms with Crippen LogP contribution in [0.15, 0.2) is 65.7 Å². The Labute approximate surface area is 139 Å². The number of aliphatic imine (C=N–C) groups is 1. The van der Waals surface area contributed by atoms with Gasteiger partial charge in [0.2, 0.25) is 0 Å². The van der Waals surface area contributed by atoms with E-state index in [0.717, 1.165) is 23.6 Å². The summed E-state index contributed by atoms with van der Waals surface area (Å²) in [6.07, 6.45) is 3.24. The van der Waals surface area contributed by atoms with E-state index >= 15 is 0 Å². The molecule has 0 saturated heterocycles. The van der Waals surface area contributed by atoms with Crippen LogP contribution in [-0.2, 0) is 0 Å². The fraction of sp³-hybridized carbons (Fsp3) is 0.286. The minimum absolute atomic E-state index is 0.0890. The molecular weight excluding hydrogens is 280 g/mol. The van der Waals surface area contributed by atoms with E-state index in [-0.39, 0.29) is 5.41 Å². The van der Waals surface area contributed by atoms with E-state index < -0.39 is 0 Å². The van der Waals surface area contributed by atoms with E-state index in [2.05, 4.69) is 93.3 Å². The summed E-state index contributed by atoms with van der Waals surface area (Å²) in [5.74, 6) is 1.09. The van der Waals surface area contributed by atoms with Crippen LogP contribution in [0.4, 0.5) is 11.4 Å². The zero-order valence-electron chi connectivity index (χ0n) is 14.4. The Kier molecular flexibility index (Phi) is 4.08. The highest BCUT2D eigenvalue weighted by molar-refractivity contribution is 6.13. The number of rotatable bonds is 2. The number of benzene rings is 2. The molecule has 3 rings (SSSR count). The van der Waals surface area contributed by atoms with Crippen LogP contribution in [0.3, 0.4) is 0 Å². The summed E-state index contributed by atoms with van der Waals surface area (Å²) in [4.78, 5) is 7.20. The minimum atomic E-state index is 0.0890. The Bertz CT molecular complexity index is 749. The summed E-state index contributed by atoms with van der Waals surface area (Å²) >= 11 is 0. The predicted octanol–water partition coefficient (Wildman–Crippen LogP) is 6.03. The third-order valence-corrected chi connectivity index (χ3v) is 3.83. The quantitative estimate of drug-likeness (QED) is 0.661. The second-order valence-corrected chi connectivity index (χ2v) is 6.97. The number of para-hydroxylation sites is 2. The van der Waals surface area contributed by atoms with Crippen molar-refractivity contribution in [3.63, 3.8) is 0 Å². The number of nitrogens with zero attached hydrogens (tertiary/aromatic N) is 2. The molecule has 0 aliphatic carbocycles. The topological polar surface area (TPSA) is 15.6 Å². The van der Waals surface area contributed by atoms with E-state index in [1.807, 2.05) is 0 Å². The molecule has 2 aromatic carbocycles. The summed E-state index contributed by atoms with van der Waals surface area (Å²) < 4.78 is 0. The molecule has 0 atom stereocenters. The van der Waals surface area contributed by atoms with E-state index in [1.54, 1.807) is 0 Å². The van der Waals surface area contributed by atoms with Gasteiger partial charge in [-0.25, -0.2) is 4.99 Å². The third-order valence-electron chi connectivity index (χ3n) is 3.83. The normalized spacial score (nSPS) is 16.3. The lowest BCUT2D eigenvalue weighted by molar-refractivity contribution is 0.545. The molecule has 0 N–H and O–H groups in total. The first-order chi connectivity index (χ1) is 11.0. The fourth-order valence-electron chi connectivity index (χ4n) is 2.89. The van der Waals surface area contributed by atoms with E-state index in [0.29, 0.717) is 0 Å². The molecule has 23 heavy (non-hydrogen) atoms. The molecule has 0 unspecified atom stereocenters. The van der Waals surface area contributed by atoms with Gasteiger partial charge in [-0.2, -0.15) is 0 Å². The van der Waals surface area contributed by atoms with Crippen molar-refractivity contribution in [2.75, 3.05) is 4.90 Å². The second kappa shape index (κ2) is 6.04. The zero-order chi connectivity index (χ0) is 16.4. The highest BCUT2D eigenvalue weighted by Crippen LogP contribution is 2.39. The van der Waals surface area contributed by atoms with Crippen molar-refractivity contribution in [2.45, 2.75) is 34.1 Å². The smallest absolute Gasteiger partial charge is 0.114 e. The molecule has 118 valence electrons. The van der Waals surface area contributed by atoms with Crippen LogP contribution in [-0.4, -0.2) is 5.84 Å². The number of hydrogen-bond acceptors (Lipinski definition) is 2. The highest BCUT2D eigenvalue weighted by Gasteiger charge is 2.26. The van der Waals surface area contributed by atoms with Gasteiger partial charge >= 0.3 is 0 Å². The van der Waals surface area contributed by atoms with Crippen molar-refractivity contribution in [3.8, 4) is 0 Å². The van der Waals surface area contributed by atoms with Crippen LogP contribution in [0, 0.1) is 5.41 Å². The number of amidine groups is 1. The zero-order valence-corrected chi connectivity index (χ0v) is 14.4. The van der Waals surface area contributed by atoms with Gasteiger partial charge in [-0.05, 0) is 23.6 Å². The lowest BCUT2D eigenvalue weighted by atomic mass is 9.91. The van der Waals surface area contributed by atoms with Crippen molar-refractivity contribution < 1.29 is 0 Å². The molecule has 0 bridgehead atoms. The maximum absolute atomic E-state index is 4.90. The summed E-state index contributed by atoms with van der Waals surface area (Å²) in [6.45, 7) is 8.88. The minimum Gasteiger partial charge on any atom is -0.298 e. The standard InChI is InChI=1S/C21H24N2/c1-5-20-22-18-14-10-9-13-17(18)19(15-21(2,3)4)23(20)16-11-7-6-8-12-16/h6-15H,5H2,1-4H3/b19-15+. The molecular formula is C21H24N2. The van der Waals surface area contributed by atoms with Gasteiger partial charge in [-0.3, -0.25) is 4.90 Å². The molecule has 0 aromatic heterocycles. The maximum Gasteiger partial charge on any atom is 0.114 e. The summed E-state index contributed by atoms with van der Waals surface area (Å²) in [5, 5.41) is 0. The van der Waals surface area contributed by atoms with Gasteiger partial charge in [0.1, 0.15) is 5.84 Å². The number of anilines is 1. The van der Waals surface area contributed by atoms with Gasteiger partial charge in [-0.15, -0.1) is 0 Å². The van der Waals surface area contributed by atoms with Crippen molar-refractivity contribution in [1.29, 1.82) is 0 Å². The van der Waals surface area contributed by atoms with E-state index in [4.69, 9.17) is 4.99 Å². The highest BCUT2D eigenvalue weighted by atomic mass is 15.2. The molecule has 0 radical (unpaired) electrons. The van der Waals surface area contributed by atoms with Crippen LogP contribution in [0.5, 0.6) is 0 Å². The van der Waals surface area contributed by atoms with Gasteiger partial charge in [0.15, 0.2) is 0 Å². The first kappa shape index (κ1) is 15.5. The molecule has 0 spiro atoms. The first-order valence-corrected chi connectivity index (χ1v) is 8.24. The van der Waals surface area contributed by atoms with Crippen LogP contribution in [0.2, 0.25) is 0 Å². The first-order valence-electron chi connectivity index (χ1n) is 8.24. The second-order valence-electron chi connectivity index (χ2n) is 6.97. The van der Waals surface area contributed by atoms with Gasteiger partial charge in [0, 0.05) is 17.7 Å². The third kappa shape index (κ3) is 3.21. The Morgan fingerprint density at radius 3 is 2.26 bits per heavy atom. The van der Waals surface area contributed by atoms with Crippen molar-refractivity contribution in [1.82, 2.24) is 0 Å². The lowest BCUT2D eigenvalue weighted by Crippen LogP contribution is -2.32. The van der Waals surface area contributed by atoms with Crippen LogP contribution in [0.1, 0.15) is 39.7 Å². The van der Waals surface area contributed by atoms with Crippen LogP contribution in [0.25, 0.3) is 5.70 Å². The molecule has 0 amide bonds. The van der Waals surface area contributed by atoms with E-state index in [9.17, 15) is 0 Å². The van der Waals surface area contributed by atoms with Crippen LogP contribution < -0.4 is 4.90 Å². The van der Waals surface area contributed by atoms with Crippen molar-refractivity contribution in [3.05, 3.63) is 66.2 Å². The lowest BCUT2D eigenvalue weighted by Gasteiger charge is -2.34. The van der Waals surface area contributed by atoms with Crippen LogP contribution >= 0.6 is 0 Å². The molecule has 1 aliphatic rings. The van der Waals surface area contributed by atoms with Gasteiger partial charge in [0.25, 0.3) is 0 Å². The summed E-state index contributed by atoms with van der Waals surface area (Å²) in [6, 6.07) is 18.9. The summed E-state index contributed by atoms with van der Waals surface area (Å²) in [7, 11) is 0. The Hall–Kier alpha value is -2.35. The SMILES string of the molecule is CCC1=Nc2ccccc2/C(=C\C(C)(C)C)N1c1ccccc1. The van der Waals surface area contributed by atoms with Gasteiger partial charge < -0.3 is 0 Å². The summed E-state index contributed by atoms with van der Waals surface area (Å²) in [5.41, 5.74) is 4.74. The molecule has 0 fully saturated rings. The number of fused-ring (bicyclic) bond motifs is 1. The van der Waals surface area contributed by atoms with Gasteiger partial charge in [0.05, 0.1) is 11.4 Å². The predicted molar refractivity (Wildman–Crippen MR) is 100 cm³/mol. The van der Waals surface area contributed by atoms with Crippen molar-refractivity contribution in [2.24, 2.45) is 10.4 Å². The number of hydrogen-bond donors (Lipinski definition) is 0. The average Bonchev–Trinajstić information content (AvgIpc) is 2.54. The Balaban J connectivity index is 2.25. The number of allylic oxidation sites excluding steroid dienone is 1. The molecule has 2 heteroatoms. The molecule has 0 saturated carbocycles. The van der Waals surface area contributed by atoms with Gasteiger partial charge in [-0.1, -0.05) is 70.2 Å². The molecule has 2 nitrogen and oxygen atoms in total.